The summed E-state index contributed by atoms with van der Waals surface area (Å²) in [6.07, 6.45) is 1.05. The fourth-order valence-electron chi connectivity index (χ4n) is 12.1. The Bertz CT molecular complexity index is 3790. The largest absolute Gasteiger partial charge is 0.355 e. The normalized spacial score (nSPS) is 14.2. The van der Waals surface area contributed by atoms with Gasteiger partial charge in [-0.2, -0.15) is 0 Å². The van der Waals surface area contributed by atoms with Crippen LogP contribution in [0.4, 0.5) is 28.4 Å². The standard InChI is InChI=1S/C41H30N2.C22H19N.CH4.B/c1-41(2)32-20-8-10-22-36(32)43(34-24-12-16-28-14-4-6-18-30(28)34)38-26-25-37-39(40(38)41)31-19-7-9-21-35(31)42(37)33-23-11-15-27-13-3-5-17-29(27)33;1-22(2)17-9-5-6-10-18(17)23-19-12-11-15-13-14-7-3-4-8-16(14)20(15)21(19)22;;/h3-26H,1-2H3;3-12,23H,13H2,1-2H3;1H4;. The topological polar surface area (TPSA) is 20.2 Å². The molecule has 0 fully saturated rings. The van der Waals surface area contributed by atoms with E-state index in [9.17, 15) is 0 Å². The number of para-hydroxylation sites is 3. The maximum Gasteiger partial charge on any atom is 0.0545 e. The smallest absolute Gasteiger partial charge is 0.0545 e. The average molecular weight is 875 g/mol. The highest BCUT2D eigenvalue weighted by molar-refractivity contribution is 6.16. The fraction of sp³-hybridized carbons (Fsp3) is 0.125. The minimum atomic E-state index is -0.222. The Hall–Kier alpha value is -7.82. The molecule has 3 aliphatic rings. The third kappa shape index (κ3) is 6.13. The van der Waals surface area contributed by atoms with Crippen molar-refractivity contribution < 1.29 is 0 Å². The molecule has 0 atom stereocenters. The minimum Gasteiger partial charge on any atom is -0.355 e. The Morgan fingerprint density at radius 2 is 0.985 bits per heavy atom. The molecule has 327 valence electrons. The quantitative estimate of drug-likeness (QED) is 0.175. The molecule has 2 aliphatic heterocycles. The van der Waals surface area contributed by atoms with E-state index in [2.05, 4.69) is 249 Å². The van der Waals surface area contributed by atoms with Crippen molar-refractivity contribution in [1.29, 1.82) is 0 Å². The zero-order valence-electron chi connectivity index (χ0n) is 38.3. The van der Waals surface area contributed by atoms with Gasteiger partial charge in [-0.25, -0.2) is 0 Å². The molecule has 1 aliphatic carbocycles. The second-order valence-electron chi connectivity index (χ2n) is 19.3. The number of rotatable bonds is 2. The molecule has 4 heteroatoms. The van der Waals surface area contributed by atoms with E-state index < -0.39 is 0 Å². The van der Waals surface area contributed by atoms with Crippen molar-refractivity contribution in [3.63, 3.8) is 0 Å². The second-order valence-corrected chi connectivity index (χ2v) is 19.3. The molecule has 11 aromatic rings. The minimum absolute atomic E-state index is 0. The van der Waals surface area contributed by atoms with Gasteiger partial charge in [0.05, 0.1) is 33.8 Å². The lowest BCUT2D eigenvalue weighted by molar-refractivity contribution is 0.638. The maximum atomic E-state index is 3.66. The van der Waals surface area contributed by atoms with Gasteiger partial charge in [0.2, 0.25) is 0 Å². The van der Waals surface area contributed by atoms with Gasteiger partial charge in [0.1, 0.15) is 0 Å². The molecule has 0 saturated carbocycles. The van der Waals surface area contributed by atoms with Gasteiger partial charge in [-0.1, -0.05) is 193 Å². The summed E-state index contributed by atoms with van der Waals surface area (Å²) in [4.78, 5) is 2.50. The van der Waals surface area contributed by atoms with Crippen LogP contribution in [0, 0.1) is 0 Å². The van der Waals surface area contributed by atoms with Gasteiger partial charge in [0.15, 0.2) is 0 Å². The number of aromatic nitrogens is 1. The van der Waals surface area contributed by atoms with Crippen LogP contribution in [0.25, 0.3) is 60.2 Å². The predicted molar refractivity (Wildman–Crippen MR) is 292 cm³/mol. The van der Waals surface area contributed by atoms with Crippen LogP contribution >= 0.6 is 0 Å². The van der Waals surface area contributed by atoms with E-state index in [4.69, 9.17) is 0 Å². The molecule has 0 unspecified atom stereocenters. The highest BCUT2D eigenvalue weighted by atomic mass is 15.2. The Morgan fingerprint density at radius 3 is 1.76 bits per heavy atom. The van der Waals surface area contributed by atoms with Crippen LogP contribution < -0.4 is 10.2 Å². The zero-order valence-corrected chi connectivity index (χ0v) is 38.3. The number of hydrogen-bond donors (Lipinski definition) is 1. The van der Waals surface area contributed by atoms with Crippen molar-refractivity contribution >= 4 is 80.2 Å². The van der Waals surface area contributed by atoms with Gasteiger partial charge < -0.3 is 14.8 Å². The summed E-state index contributed by atoms with van der Waals surface area (Å²) >= 11 is 0. The van der Waals surface area contributed by atoms with Gasteiger partial charge in [-0.15, -0.1) is 0 Å². The van der Waals surface area contributed by atoms with E-state index in [1.54, 1.807) is 0 Å². The molecule has 3 heterocycles. The highest BCUT2D eigenvalue weighted by Crippen LogP contribution is 2.57. The van der Waals surface area contributed by atoms with E-state index >= 15 is 0 Å². The molecular formula is C64H53BN3. The summed E-state index contributed by atoms with van der Waals surface area (Å²) in [6, 6.07) is 75.4. The molecule has 68 heavy (non-hydrogen) atoms. The van der Waals surface area contributed by atoms with Crippen LogP contribution in [0.2, 0.25) is 0 Å². The maximum absolute atomic E-state index is 3.66. The number of hydrogen-bond acceptors (Lipinski definition) is 2. The van der Waals surface area contributed by atoms with Gasteiger partial charge in [-0.3, -0.25) is 0 Å². The van der Waals surface area contributed by atoms with E-state index in [-0.39, 0.29) is 26.7 Å². The summed E-state index contributed by atoms with van der Waals surface area (Å²) in [5.74, 6) is 0. The second kappa shape index (κ2) is 15.9. The first-order valence-corrected chi connectivity index (χ1v) is 23.3. The SMILES string of the molecule is C.CC1(C)c2ccccc2N(c2cccc3ccccc23)c2ccc3c(c21)c1ccccc1n3-c1cccc2ccccc12.CC1(C)c2ccccc2Nc2ccc3c(c21)-c1ccccc1C3.[B]. The Balaban J connectivity index is 0.000000172. The van der Waals surface area contributed by atoms with Gasteiger partial charge in [0, 0.05) is 52.2 Å². The molecule has 1 aromatic heterocycles. The monoisotopic (exact) mass is 874 g/mol. The van der Waals surface area contributed by atoms with Crippen LogP contribution in [-0.4, -0.2) is 13.0 Å². The summed E-state index contributed by atoms with van der Waals surface area (Å²) in [6.45, 7) is 9.50. The molecule has 0 amide bonds. The Kier molecular flexibility index (Phi) is 10.0. The van der Waals surface area contributed by atoms with Crippen LogP contribution in [-0.2, 0) is 17.3 Å². The third-order valence-corrected chi connectivity index (χ3v) is 15.0. The number of nitrogens with one attached hydrogen (secondary N) is 1. The fourth-order valence-corrected chi connectivity index (χ4v) is 12.1. The van der Waals surface area contributed by atoms with Crippen molar-refractivity contribution in [3.8, 4) is 16.8 Å². The van der Waals surface area contributed by atoms with Crippen LogP contribution in [0.5, 0.6) is 0 Å². The molecule has 0 bridgehead atoms. The highest BCUT2D eigenvalue weighted by Gasteiger charge is 2.40. The van der Waals surface area contributed by atoms with Crippen molar-refractivity contribution in [2.24, 2.45) is 0 Å². The first-order valence-electron chi connectivity index (χ1n) is 23.3. The van der Waals surface area contributed by atoms with Gasteiger partial charge in [-0.05, 0) is 110 Å². The number of fused-ring (bicyclic) bond motifs is 14. The van der Waals surface area contributed by atoms with Crippen molar-refractivity contribution in [2.75, 3.05) is 10.2 Å². The number of benzene rings is 10. The van der Waals surface area contributed by atoms with E-state index in [1.807, 2.05) is 0 Å². The summed E-state index contributed by atoms with van der Waals surface area (Å²) < 4.78 is 2.48. The van der Waals surface area contributed by atoms with Crippen LogP contribution in [0.1, 0.15) is 68.5 Å². The van der Waals surface area contributed by atoms with Crippen molar-refractivity contribution in [3.05, 3.63) is 240 Å². The molecule has 14 rings (SSSR count). The van der Waals surface area contributed by atoms with Gasteiger partial charge in [0.25, 0.3) is 0 Å². The van der Waals surface area contributed by atoms with Gasteiger partial charge >= 0.3 is 0 Å². The lowest BCUT2D eigenvalue weighted by Crippen LogP contribution is -2.31. The molecule has 0 saturated heterocycles. The van der Waals surface area contributed by atoms with E-state index in [0.29, 0.717) is 0 Å². The first kappa shape index (κ1) is 42.8. The molecule has 1 N–H and O–H groups in total. The summed E-state index contributed by atoms with van der Waals surface area (Å²) in [5.41, 5.74) is 20.9. The van der Waals surface area contributed by atoms with Crippen LogP contribution in [0.3, 0.4) is 0 Å². The number of nitrogens with zero attached hydrogens (tertiary/aromatic N) is 2. The predicted octanol–water partition coefficient (Wildman–Crippen LogP) is 17.1. The van der Waals surface area contributed by atoms with E-state index in [1.165, 1.54) is 122 Å². The summed E-state index contributed by atoms with van der Waals surface area (Å²) in [7, 11) is 0. The van der Waals surface area contributed by atoms with Crippen LogP contribution in [0.15, 0.2) is 206 Å². The Labute approximate surface area is 401 Å². The molecule has 10 aromatic carbocycles. The average Bonchev–Trinajstić information content (AvgIpc) is 3.90. The lowest BCUT2D eigenvalue weighted by Gasteiger charge is -2.42. The third-order valence-electron chi connectivity index (χ3n) is 15.0. The van der Waals surface area contributed by atoms with Crippen molar-refractivity contribution in [1.82, 2.24) is 4.57 Å². The van der Waals surface area contributed by atoms with Crippen molar-refractivity contribution in [2.45, 2.75) is 52.4 Å². The molecule has 0 spiro atoms. The zero-order chi connectivity index (χ0) is 44.3. The summed E-state index contributed by atoms with van der Waals surface area (Å²) in [5, 5.41) is 11.3. The lowest BCUT2D eigenvalue weighted by atomic mass is 9.71. The first-order chi connectivity index (χ1) is 32.3. The number of anilines is 5. The molecule has 3 radical (unpaired) electrons. The molecular weight excluding hydrogens is 822 g/mol. The molecule has 3 nitrogen and oxygen atoms in total. The van der Waals surface area contributed by atoms with E-state index in [0.717, 1.165) is 6.42 Å². The Morgan fingerprint density at radius 1 is 0.412 bits per heavy atom.